The van der Waals surface area contributed by atoms with Gasteiger partial charge in [-0.2, -0.15) is 11.3 Å². The molecule has 24 heavy (non-hydrogen) atoms. The van der Waals surface area contributed by atoms with Crippen molar-refractivity contribution < 1.29 is 9.59 Å². The second-order valence-electron chi connectivity index (χ2n) is 5.57. The molecule has 0 spiro atoms. The molecule has 0 aliphatic rings. The van der Waals surface area contributed by atoms with Gasteiger partial charge in [-0.25, -0.2) is 0 Å². The molecule has 3 rings (SSSR count). The average molecular weight is 335 g/mol. The van der Waals surface area contributed by atoms with Crippen LogP contribution < -0.4 is 0 Å². The first kappa shape index (κ1) is 16.1. The molecule has 1 aromatic heterocycles. The Labute approximate surface area is 145 Å². The van der Waals surface area contributed by atoms with E-state index >= 15 is 0 Å². The smallest absolute Gasteiger partial charge is 0.253 e. The third kappa shape index (κ3) is 3.60. The van der Waals surface area contributed by atoms with E-state index in [1.807, 2.05) is 35.0 Å². The van der Waals surface area contributed by atoms with Crippen LogP contribution in [0.3, 0.4) is 0 Å². The first-order valence-corrected chi connectivity index (χ1v) is 8.56. The van der Waals surface area contributed by atoms with E-state index < -0.39 is 0 Å². The summed E-state index contributed by atoms with van der Waals surface area (Å²) in [6.45, 7) is 0.576. The molecule has 120 valence electrons. The minimum absolute atomic E-state index is 0.0405. The summed E-state index contributed by atoms with van der Waals surface area (Å²) < 4.78 is 0. The van der Waals surface area contributed by atoms with E-state index in [0.29, 0.717) is 23.2 Å². The van der Waals surface area contributed by atoms with Gasteiger partial charge in [-0.1, -0.05) is 42.5 Å². The fraction of sp³-hybridized carbons (Fsp3) is 0.100. The maximum Gasteiger partial charge on any atom is 0.253 e. The van der Waals surface area contributed by atoms with Crippen LogP contribution in [0.1, 0.15) is 31.8 Å². The summed E-state index contributed by atoms with van der Waals surface area (Å²) in [5, 5.41) is 4.03. The molecular weight excluding hydrogens is 318 g/mol. The minimum atomic E-state index is -0.0556. The Bertz CT molecular complexity index is 824. The van der Waals surface area contributed by atoms with Crippen molar-refractivity contribution in [2.75, 3.05) is 7.05 Å². The standard InChI is InChI=1S/C20H17NO2S/c1-21(13-15-11-12-24-14-15)20(23)18-9-7-17(8-10-18)19(22)16-5-3-2-4-6-16/h2-12,14H,13H2,1H3. The van der Waals surface area contributed by atoms with Gasteiger partial charge < -0.3 is 4.90 Å². The van der Waals surface area contributed by atoms with Crippen LogP contribution in [0.5, 0.6) is 0 Å². The van der Waals surface area contributed by atoms with E-state index in [2.05, 4.69) is 0 Å². The van der Waals surface area contributed by atoms with Gasteiger partial charge >= 0.3 is 0 Å². The quantitative estimate of drug-likeness (QED) is 0.654. The van der Waals surface area contributed by atoms with E-state index in [0.717, 1.165) is 5.56 Å². The maximum absolute atomic E-state index is 12.5. The molecular formula is C20H17NO2S. The number of carbonyl (C=O) groups is 2. The number of carbonyl (C=O) groups excluding carboxylic acids is 2. The number of hydrogen-bond acceptors (Lipinski definition) is 3. The van der Waals surface area contributed by atoms with Gasteiger partial charge in [0.15, 0.2) is 5.78 Å². The molecule has 3 nitrogen and oxygen atoms in total. The molecule has 0 fully saturated rings. The van der Waals surface area contributed by atoms with Crippen molar-refractivity contribution in [3.8, 4) is 0 Å². The zero-order chi connectivity index (χ0) is 16.9. The average Bonchev–Trinajstić information content (AvgIpc) is 3.14. The predicted octanol–water partition coefficient (Wildman–Crippen LogP) is 4.25. The van der Waals surface area contributed by atoms with Crippen LogP contribution in [0.2, 0.25) is 0 Å². The highest BCUT2D eigenvalue weighted by Crippen LogP contribution is 2.14. The normalized spacial score (nSPS) is 10.4. The zero-order valence-corrected chi connectivity index (χ0v) is 14.1. The molecule has 0 N–H and O–H groups in total. The number of rotatable bonds is 5. The van der Waals surface area contributed by atoms with Crippen molar-refractivity contribution in [1.82, 2.24) is 4.90 Å². The lowest BCUT2D eigenvalue weighted by atomic mass is 10.0. The molecule has 1 heterocycles. The molecule has 0 unspecified atom stereocenters. The number of hydrogen-bond donors (Lipinski definition) is 0. The molecule has 0 saturated carbocycles. The van der Waals surface area contributed by atoms with Crippen LogP contribution in [0.15, 0.2) is 71.4 Å². The van der Waals surface area contributed by atoms with Crippen molar-refractivity contribution >= 4 is 23.0 Å². The summed E-state index contributed by atoms with van der Waals surface area (Å²) >= 11 is 1.62. The van der Waals surface area contributed by atoms with Gasteiger partial charge in [-0.05, 0) is 34.5 Å². The van der Waals surface area contributed by atoms with Gasteiger partial charge in [0.1, 0.15) is 0 Å². The third-order valence-electron chi connectivity index (χ3n) is 3.78. The van der Waals surface area contributed by atoms with E-state index in [1.165, 1.54) is 0 Å². The Kier molecular flexibility index (Phi) is 4.87. The van der Waals surface area contributed by atoms with Crippen molar-refractivity contribution in [2.45, 2.75) is 6.54 Å². The predicted molar refractivity (Wildman–Crippen MR) is 96.4 cm³/mol. The topological polar surface area (TPSA) is 37.4 Å². The van der Waals surface area contributed by atoms with Gasteiger partial charge in [-0.15, -0.1) is 0 Å². The molecule has 0 saturated heterocycles. The SMILES string of the molecule is CN(Cc1ccsc1)C(=O)c1ccc(C(=O)c2ccccc2)cc1. The Hall–Kier alpha value is -2.72. The van der Waals surface area contributed by atoms with Gasteiger partial charge in [0.25, 0.3) is 5.91 Å². The monoisotopic (exact) mass is 335 g/mol. The number of thiophene rings is 1. The Balaban J connectivity index is 1.72. The Morgan fingerprint density at radius 2 is 1.50 bits per heavy atom. The molecule has 0 aliphatic carbocycles. The highest BCUT2D eigenvalue weighted by molar-refractivity contribution is 7.07. The largest absolute Gasteiger partial charge is 0.337 e. The first-order valence-electron chi connectivity index (χ1n) is 7.61. The second kappa shape index (κ2) is 7.23. The Morgan fingerprint density at radius 1 is 0.875 bits per heavy atom. The molecule has 0 radical (unpaired) electrons. The van der Waals surface area contributed by atoms with Crippen LogP contribution in [0, 0.1) is 0 Å². The summed E-state index contributed by atoms with van der Waals surface area (Å²) in [7, 11) is 1.78. The molecule has 0 atom stereocenters. The van der Waals surface area contributed by atoms with Crippen molar-refractivity contribution in [3.05, 3.63) is 93.7 Å². The lowest BCUT2D eigenvalue weighted by Gasteiger charge is -2.16. The van der Waals surface area contributed by atoms with E-state index in [-0.39, 0.29) is 11.7 Å². The molecule has 4 heteroatoms. The lowest BCUT2D eigenvalue weighted by Crippen LogP contribution is -2.26. The van der Waals surface area contributed by atoms with Gasteiger partial charge in [0, 0.05) is 30.3 Å². The van der Waals surface area contributed by atoms with Gasteiger partial charge in [0.2, 0.25) is 0 Å². The molecule has 1 amide bonds. The summed E-state index contributed by atoms with van der Waals surface area (Å²) in [4.78, 5) is 26.5. The number of amides is 1. The van der Waals surface area contributed by atoms with Crippen molar-refractivity contribution in [2.24, 2.45) is 0 Å². The highest BCUT2D eigenvalue weighted by Gasteiger charge is 2.14. The van der Waals surface area contributed by atoms with Crippen LogP contribution in [0.4, 0.5) is 0 Å². The number of benzene rings is 2. The molecule has 0 bridgehead atoms. The summed E-state index contributed by atoms with van der Waals surface area (Å²) in [6.07, 6.45) is 0. The molecule has 2 aromatic carbocycles. The van der Waals surface area contributed by atoms with Crippen LogP contribution in [0.25, 0.3) is 0 Å². The fourth-order valence-corrected chi connectivity index (χ4v) is 3.13. The summed E-state index contributed by atoms with van der Waals surface area (Å²) in [6, 6.07) is 18.0. The van der Waals surface area contributed by atoms with Crippen molar-refractivity contribution in [1.29, 1.82) is 0 Å². The van der Waals surface area contributed by atoms with E-state index in [9.17, 15) is 9.59 Å². The van der Waals surface area contributed by atoms with Gasteiger partial charge in [0.05, 0.1) is 0 Å². The van der Waals surface area contributed by atoms with Crippen LogP contribution >= 0.6 is 11.3 Å². The number of nitrogens with zero attached hydrogens (tertiary/aromatic N) is 1. The summed E-state index contributed by atoms with van der Waals surface area (Å²) in [5.41, 5.74) is 2.92. The zero-order valence-electron chi connectivity index (χ0n) is 13.3. The van der Waals surface area contributed by atoms with E-state index in [1.54, 1.807) is 59.7 Å². The third-order valence-corrected chi connectivity index (χ3v) is 4.51. The first-order chi connectivity index (χ1) is 11.6. The van der Waals surface area contributed by atoms with Gasteiger partial charge in [-0.3, -0.25) is 9.59 Å². The fourth-order valence-electron chi connectivity index (χ4n) is 2.47. The maximum atomic E-state index is 12.5. The molecule has 0 aliphatic heterocycles. The summed E-state index contributed by atoms with van der Waals surface area (Å²) in [5.74, 6) is -0.0962. The highest BCUT2D eigenvalue weighted by atomic mass is 32.1. The van der Waals surface area contributed by atoms with Crippen LogP contribution in [-0.4, -0.2) is 23.6 Å². The Morgan fingerprint density at radius 3 is 2.12 bits per heavy atom. The van der Waals surface area contributed by atoms with E-state index in [4.69, 9.17) is 0 Å². The number of ketones is 1. The lowest BCUT2D eigenvalue weighted by molar-refractivity contribution is 0.0785. The molecule has 3 aromatic rings. The minimum Gasteiger partial charge on any atom is -0.337 e. The van der Waals surface area contributed by atoms with Crippen molar-refractivity contribution in [3.63, 3.8) is 0 Å². The van der Waals surface area contributed by atoms with Crippen LogP contribution in [-0.2, 0) is 6.54 Å². The second-order valence-corrected chi connectivity index (χ2v) is 6.35.